The highest BCUT2D eigenvalue weighted by Crippen LogP contribution is 2.44. The molecule has 146 valence electrons. The van der Waals surface area contributed by atoms with Gasteiger partial charge >= 0.3 is 11.9 Å². The average Bonchev–Trinajstić information content (AvgIpc) is 3.08. The summed E-state index contributed by atoms with van der Waals surface area (Å²) in [5.41, 5.74) is 0.0610. The lowest BCUT2D eigenvalue weighted by Crippen LogP contribution is -3.00. The van der Waals surface area contributed by atoms with Gasteiger partial charge in [-0.2, -0.15) is 0 Å². The van der Waals surface area contributed by atoms with Gasteiger partial charge in [-0.1, -0.05) is 30.3 Å². The van der Waals surface area contributed by atoms with Crippen LogP contribution in [0.25, 0.3) is 0 Å². The summed E-state index contributed by atoms with van der Waals surface area (Å²) in [5, 5.41) is 0. The summed E-state index contributed by atoms with van der Waals surface area (Å²) >= 11 is 0. The molecule has 0 saturated carbocycles. The molecule has 5 nitrogen and oxygen atoms in total. The Bertz CT molecular complexity index is 601. The maximum absolute atomic E-state index is 12.4. The van der Waals surface area contributed by atoms with Crippen LogP contribution in [-0.4, -0.2) is 47.3 Å². The molecule has 1 aliphatic rings. The molecule has 1 saturated heterocycles. The second-order valence-corrected chi connectivity index (χ2v) is 8.82. The van der Waals surface area contributed by atoms with E-state index in [4.69, 9.17) is 9.47 Å². The van der Waals surface area contributed by atoms with Crippen molar-refractivity contribution in [2.75, 3.05) is 19.6 Å². The van der Waals surface area contributed by atoms with Crippen LogP contribution in [0.15, 0.2) is 30.3 Å². The molecule has 1 atom stereocenters. The highest BCUT2D eigenvalue weighted by molar-refractivity contribution is 5.74. The number of quaternary nitrogens is 1. The zero-order valence-electron chi connectivity index (χ0n) is 16.5. The molecule has 0 unspecified atom stereocenters. The van der Waals surface area contributed by atoms with Gasteiger partial charge in [0, 0.05) is 5.56 Å². The van der Waals surface area contributed by atoms with Crippen molar-refractivity contribution in [2.24, 2.45) is 0 Å². The van der Waals surface area contributed by atoms with Crippen LogP contribution in [0, 0.1) is 0 Å². The molecular weight excluding hydrogens is 398 g/mol. The highest BCUT2D eigenvalue weighted by atomic mass is 79.9. The van der Waals surface area contributed by atoms with Gasteiger partial charge in [-0.15, -0.1) is 0 Å². The van der Waals surface area contributed by atoms with Crippen molar-refractivity contribution in [1.82, 2.24) is 0 Å². The first kappa shape index (κ1) is 22.6. The average molecular weight is 428 g/mol. The number of hydrogen-bond donors (Lipinski definition) is 0. The van der Waals surface area contributed by atoms with Gasteiger partial charge in [0.1, 0.15) is 17.7 Å². The molecule has 1 fully saturated rings. The van der Waals surface area contributed by atoms with E-state index >= 15 is 0 Å². The zero-order valence-corrected chi connectivity index (χ0v) is 18.1. The maximum Gasteiger partial charge on any atom is 0.362 e. The quantitative estimate of drug-likeness (QED) is 0.383. The van der Waals surface area contributed by atoms with Crippen molar-refractivity contribution in [2.45, 2.75) is 58.8 Å². The summed E-state index contributed by atoms with van der Waals surface area (Å²) in [6, 6.07) is 10.1. The van der Waals surface area contributed by atoms with Crippen molar-refractivity contribution >= 4 is 11.9 Å². The highest BCUT2D eigenvalue weighted by Gasteiger charge is 2.58. The van der Waals surface area contributed by atoms with Gasteiger partial charge in [-0.3, -0.25) is 4.48 Å². The summed E-state index contributed by atoms with van der Waals surface area (Å²) in [5.74, 6) is -0.566. The Kier molecular flexibility index (Phi) is 7.04. The second-order valence-electron chi connectivity index (χ2n) is 8.82. The first-order valence-electron chi connectivity index (χ1n) is 8.75. The molecule has 2 rings (SSSR count). The Hall–Kier alpha value is -1.40. The number of benzene rings is 1. The molecule has 26 heavy (non-hydrogen) atoms. The predicted octanol–water partition coefficient (Wildman–Crippen LogP) is 0.246. The van der Waals surface area contributed by atoms with E-state index in [1.807, 2.05) is 71.9 Å². The van der Waals surface area contributed by atoms with Gasteiger partial charge in [-0.25, -0.2) is 9.59 Å². The van der Waals surface area contributed by atoms with Crippen LogP contribution in [0.4, 0.5) is 0 Å². The Morgan fingerprint density at radius 2 is 1.35 bits per heavy atom. The minimum Gasteiger partial charge on any atom is -1.00 e. The monoisotopic (exact) mass is 427 g/mol. The largest absolute Gasteiger partial charge is 1.00 e. The maximum atomic E-state index is 12.4. The van der Waals surface area contributed by atoms with E-state index in [0.29, 0.717) is 4.48 Å². The Morgan fingerprint density at radius 1 is 0.923 bits per heavy atom. The van der Waals surface area contributed by atoms with Gasteiger partial charge in [0.05, 0.1) is 0 Å². The van der Waals surface area contributed by atoms with Crippen molar-refractivity contribution < 1.29 is 40.5 Å². The van der Waals surface area contributed by atoms with E-state index < -0.39 is 11.2 Å². The summed E-state index contributed by atoms with van der Waals surface area (Å²) in [7, 11) is 0. The molecular formula is C20H30BrNO4. The van der Waals surface area contributed by atoms with Gasteiger partial charge in [-0.05, 0) is 41.5 Å². The molecule has 0 bridgehead atoms. The van der Waals surface area contributed by atoms with Crippen molar-refractivity contribution in [3.8, 4) is 0 Å². The molecule has 1 aromatic carbocycles. The van der Waals surface area contributed by atoms with E-state index in [0.717, 1.165) is 12.1 Å². The van der Waals surface area contributed by atoms with Crippen LogP contribution in [0.3, 0.4) is 0 Å². The van der Waals surface area contributed by atoms with Crippen LogP contribution in [-0.2, 0) is 19.1 Å². The number of nitrogens with zero attached hydrogens (tertiary/aromatic N) is 1. The number of esters is 2. The third-order valence-electron chi connectivity index (χ3n) is 3.98. The van der Waals surface area contributed by atoms with Crippen LogP contribution in [0.2, 0.25) is 0 Å². The van der Waals surface area contributed by atoms with Crippen LogP contribution in [0.1, 0.15) is 53.1 Å². The van der Waals surface area contributed by atoms with Crippen molar-refractivity contribution in [1.29, 1.82) is 0 Å². The molecule has 1 heterocycles. The number of ether oxygens (including phenoxy) is 2. The summed E-state index contributed by atoms with van der Waals surface area (Å²) in [6.07, 6.45) is 0. The Balaban J connectivity index is 0.00000338. The first-order chi connectivity index (χ1) is 11.4. The zero-order chi connectivity index (χ0) is 18.9. The standard InChI is InChI=1S/C20H30NO4.BrH/c1-19(2,3)24-17(22)13-21(14-18(23)25-20(4,5)6)12-16(21)15-10-8-7-9-11-15;/h7-11,16H,12-14H2,1-6H3;1H/q+1;/p-1/t16-;/m1./s1. The molecule has 0 aliphatic carbocycles. The number of halogens is 1. The first-order valence-corrected chi connectivity index (χ1v) is 8.75. The number of carbonyl (C=O) groups is 2. The third kappa shape index (κ3) is 6.72. The van der Waals surface area contributed by atoms with Crippen LogP contribution >= 0.6 is 0 Å². The van der Waals surface area contributed by atoms with Gasteiger partial charge in [0.15, 0.2) is 19.1 Å². The molecule has 0 aromatic heterocycles. The van der Waals surface area contributed by atoms with Crippen molar-refractivity contribution in [3.05, 3.63) is 35.9 Å². The molecule has 0 radical (unpaired) electrons. The number of rotatable bonds is 5. The van der Waals surface area contributed by atoms with E-state index in [-0.39, 0.29) is 48.1 Å². The van der Waals surface area contributed by atoms with Crippen molar-refractivity contribution in [3.63, 3.8) is 0 Å². The third-order valence-corrected chi connectivity index (χ3v) is 3.98. The SMILES string of the molecule is CC(C)(C)OC(=O)C[N+]1(CC(=O)OC(C)(C)C)C[C@@H]1c1ccccc1.[Br-]. The fraction of sp³-hybridized carbons (Fsp3) is 0.600. The van der Waals surface area contributed by atoms with Gasteiger partial charge in [0.2, 0.25) is 0 Å². The minimum atomic E-state index is -0.536. The molecule has 0 spiro atoms. The van der Waals surface area contributed by atoms with Gasteiger partial charge in [0.25, 0.3) is 0 Å². The predicted molar refractivity (Wildman–Crippen MR) is 95.7 cm³/mol. The smallest absolute Gasteiger partial charge is 0.362 e. The fourth-order valence-corrected chi connectivity index (χ4v) is 3.06. The molecule has 6 heteroatoms. The normalized spacial score (nSPS) is 18.5. The number of hydrogen-bond acceptors (Lipinski definition) is 4. The summed E-state index contributed by atoms with van der Waals surface area (Å²) in [6.45, 7) is 12.2. The lowest BCUT2D eigenvalue weighted by molar-refractivity contribution is -0.801. The Morgan fingerprint density at radius 3 is 1.73 bits per heavy atom. The van der Waals surface area contributed by atoms with E-state index in [1.165, 1.54) is 0 Å². The van der Waals surface area contributed by atoms with Crippen LogP contribution < -0.4 is 17.0 Å². The topological polar surface area (TPSA) is 52.6 Å². The van der Waals surface area contributed by atoms with E-state index in [2.05, 4.69) is 0 Å². The summed E-state index contributed by atoms with van der Waals surface area (Å²) in [4.78, 5) is 24.7. The minimum absolute atomic E-state index is 0. The van der Waals surface area contributed by atoms with E-state index in [9.17, 15) is 9.59 Å². The number of carbonyl (C=O) groups excluding carboxylic acids is 2. The van der Waals surface area contributed by atoms with E-state index in [1.54, 1.807) is 0 Å². The lowest BCUT2D eigenvalue weighted by atomic mass is 10.1. The second kappa shape index (κ2) is 8.09. The van der Waals surface area contributed by atoms with Crippen LogP contribution in [0.5, 0.6) is 0 Å². The lowest BCUT2D eigenvalue weighted by Gasteiger charge is -2.25. The fourth-order valence-electron chi connectivity index (χ4n) is 3.06. The molecule has 1 aliphatic heterocycles. The Labute approximate surface area is 167 Å². The summed E-state index contributed by atoms with van der Waals surface area (Å²) < 4.78 is 11.3. The molecule has 0 amide bonds. The van der Waals surface area contributed by atoms with Gasteiger partial charge < -0.3 is 26.5 Å². The molecule has 1 aromatic rings. The molecule has 0 N–H and O–H groups in total.